The predicted molar refractivity (Wildman–Crippen MR) is 45.7 cm³/mol. The van der Waals surface area contributed by atoms with Crippen molar-refractivity contribution in [1.82, 2.24) is 0 Å². The molecule has 0 saturated carbocycles. The summed E-state index contributed by atoms with van der Waals surface area (Å²) >= 11 is 0. The van der Waals surface area contributed by atoms with E-state index < -0.39 is 5.89 Å². The van der Waals surface area contributed by atoms with Crippen LogP contribution in [0.25, 0.3) is 0 Å². The van der Waals surface area contributed by atoms with E-state index in [9.17, 15) is 0 Å². The van der Waals surface area contributed by atoms with Crippen LogP contribution in [0.5, 0.6) is 0 Å². The molecule has 0 N–H and O–H groups in total. The third-order valence-electron chi connectivity index (χ3n) is 1.80. The van der Waals surface area contributed by atoms with Gasteiger partial charge in [0.25, 0.3) is 0 Å². The van der Waals surface area contributed by atoms with Crippen LogP contribution in [0.1, 0.15) is 15.2 Å². The van der Waals surface area contributed by atoms with E-state index >= 15 is 0 Å². The van der Waals surface area contributed by atoms with Gasteiger partial charge < -0.3 is 0 Å². The van der Waals surface area contributed by atoms with Crippen molar-refractivity contribution < 1.29 is 1.37 Å². The zero-order valence-electron chi connectivity index (χ0n) is 7.59. The maximum Gasteiger partial charge on any atom is 0.0353 e. The van der Waals surface area contributed by atoms with Crippen molar-refractivity contribution in [2.24, 2.45) is 11.8 Å². The summed E-state index contributed by atoms with van der Waals surface area (Å²) in [7, 11) is 0. The SMILES string of the molecule is [2H]C1(C)C=CC=CC1C(=C)C. The fraction of sp³-hybridized carbons (Fsp3) is 0.400. The molecule has 1 rings (SSSR count). The number of hydrogen-bond acceptors (Lipinski definition) is 0. The number of rotatable bonds is 1. The molecule has 2 atom stereocenters. The molecule has 0 radical (unpaired) electrons. The molecule has 0 aliphatic heterocycles. The lowest BCUT2D eigenvalue weighted by Crippen LogP contribution is -2.09. The van der Waals surface area contributed by atoms with Gasteiger partial charge in [-0.25, -0.2) is 0 Å². The van der Waals surface area contributed by atoms with E-state index in [1.54, 1.807) is 0 Å². The fourth-order valence-electron chi connectivity index (χ4n) is 1.19. The molecule has 0 bridgehead atoms. The summed E-state index contributed by atoms with van der Waals surface area (Å²) in [5, 5.41) is 0. The van der Waals surface area contributed by atoms with Gasteiger partial charge in [0.1, 0.15) is 0 Å². The fourth-order valence-corrected chi connectivity index (χ4v) is 1.19. The molecule has 0 fully saturated rings. The first kappa shape index (κ1) is 5.96. The van der Waals surface area contributed by atoms with Crippen LogP contribution >= 0.6 is 0 Å². The van der Waals surface area contributed by atoms with E-state index in [1.807, 2.05) is 38.2 Å². The first-order valence-corrected chi connectivity index (χ1v) is 3.55. The molecule has 0 nitrogen and oxygen atoms in total. The van der Waals surface area contributed by atoms with Crippen molar-refractivity contribution in [2.75, 3.05) is 0 Å². The van der Waals surface area contributed by atoms with Gasteiger partial charge in [-0.15, -0.1) is 0 Å². The van der Waals surface area contributed by atoms with E-state index in [1.165, 1.54) is 0 Å². The van der Waals surface area contributed by atoms with E-state index in [4.69, 9.17) is 1.37 Å². The third-order valence-corrected chi connectivity index (χ3v) is 1.80. The molecule has 0 heteroatoms. The van der Waals surface area contributed by atoms with Crippen molar-refractivity contribution >= 4 is 0 Å². The van der Waals surface area contributed by atoms with Crippen LogP contribution in [0.3, 0.4) is 0 Å². The smallest absolute Gasteiger partial charge is 0.0353 e. The lowest BCUT2D eigenvalue weighted by molar-refractivity contribution is 0.578. The average Bonchev–Trinajstić information content (AvgIpc) is 1.85. The normalized spacial score (nSPS) is 39.4. The summed E-state index contributed by atoms with van der Waals surface area (Å²) in [6.07, 6.45) is 7.85. The number of hydrogen-bond donors (Lipinski definition) is 0. The van der Waals surface area contributed by atoms with Crippen LogP contribution in [-0.2, 0) is 0 Å². The minimum atomic E-state index is -0.499. The summed E-state index contributed by atoms with van der Waals surface area (Å²) in [4.78, 5) is 0. The van der Waals surface area contributed by atoms with Crippen molar-refractivity contribution in [3.8, 4) is 0 Å². The predicted octanol–water partition coefficient (Wildman–Crippen LogP) is 2.94. The van der Waals surface area contributed by atoms with Gasteiger partial charge in [-0.1, -0.05) is 43.4 Å². The van der Waals surface area contributed by atoms with E-state index in [0.29, 0.717) is 0 Å². The molecule has 0 aromatic carbocycles. The van der Waals surface area contributed by atoms with Crippen LogP contribution in [0.4, 0.5) is 0 Å². The Bertz CT molecular complexity index is 221. The van der Waals surface area contributed by atoms with Crippen LogP contribution in [0, 0.1) is 11.8 Å². The van der Waals surface area contributed by atoms with E-state index in [-0.39, 0.29) is 5.92 Å². The molecule has 54 valence electrons. The summed E-state index contributed by atoms with van der Waals surface area (Å²) in [6.45, 7) is 7.75. The maximum absolute atomic E-state index is 7.91. The van der Waals surface area contributed by atoms with E-state index in [2.05, 4.69) is 6.58 Å². The molecule has 0 aromatic heterocycles. The molecule has 0 spiro atoms. The van der Waals surface area contributed by atoms with Crippen molar-refractivity contribution in [3.05, 3.63) is 36.5 Å². The van der Waals surface area contributed by atoms with Crippen LogP contribution in [0.15, 0.2) is 36.5 Å². The van der Waals surface area contributed by atoms with Gasteiger partial charge in [0.05, 0.1) is 0 Å². The Labute approximate surface area is 64.4 Å². The number of allylic oxidation sites excluding steroid dienone is 5. The summed E-state index contributed by atoms with van der Waals surface area (Å²) in [6, 6.07) is 0. The Morgan fingerprint density at radius 3 is 2.50 bits per heavy atom. The zero-order valence-corrected chi connectivity index (χ0v) is 6.59. The lowest BCUT2D eigenvalue weighted by atomic mass is 9.85. The van der Waals surface area contributed by atoms with Crippen molar-refractivity contribution in [2.45, 2.75) is 13.8 Å². The van der Waals surface area contributed by atoms with Gasteiger partial charge in [-0.05, 0) is 12.8 Å². The van der Waals surface area contributed by atoms with Crippen LogP contribution in [0.2, 0.25) is 0 Å². The lowest BCUT2D eigenvalue weighted by Gasteiger charge is -2.19. The largest absolute Gasteiger partial charge is 0.0995 e. The summed E-state index contributed by atoms with van der Waals surface area (Å²) in [5.41, 5.74) is 1.06. The molecule has 0 saturated heterocycles. The molecule has 1 aliphatic carbocycles. The highest BCUT2D eigenvalue weighted by Gasteiger charge is 2.13. The molecule has 0 amide bonds. The second-order valence-electron chi connectivity index (χ2n) is 2.81. The van der Waals surface area contributed by atoms with Gasteiger partial charge in [0.2, 0.25) is 0 Å². The maximum atomic E-state index is 7.91. The second kappa shape index (κ2) is 2.87. The molecule has 1 aliphatic rings. The quantitative estimate of drug-likeness (QED) is 0.485. The topological polar surface area (TPSA) is 0 Å². The van der Waals surface area contributed by atoms with Crippen LogP contribution in [-0.4, -0.2) is 0 Å². The monoisotopic (exact) mass is 135 g/mol. The van der Waals surface area contributed by atoms with Crippen LogP contribution < -0.4 is 0 Å². The molecule has 0 aromatic rings. The Balaban J connectivity index is 2.89. The minimum Gasteiger partial charge on any atom is -0.0995 e. The van der Waals surface area contributed by atoms with Gasteiger partial charge in [-0.3, -0.25) is 0 Å². The standard InChI is InChI=1S/C10H14/c1-8(2)10-7-5-4-6-9(10)3/h4-7,9-10H,1H2,2-3H3/i9D. The molecular formula is C10H14. The highest BCUT2D eigenvalue weighted by atomic mass is 14.2. The Kier molecular flexibility index (Phi) is 1.71. The zero-order chi connectivity index (χ0) is 8.48. The van der Waals surface area contributed by atoms with Gasteiger partial charge in [0.15, 0.2) is 0 Å². The van der Waals surface area contributed by atoms with Crippen molar-refractivity contribution in [3.63, 3.8) is 0 Å². The van der Waals surface area contributed by atoms with Gasteiger partial charge in [-0.2, -0.15) is 0 Å². The molecule has 0 heterocycles. The summed E-state index contributed by atoms with van der Waals surface area (Å²) < 4.78 is 7.91. The minimum absolute atomic E-state index is 0.174. The molecule has 10 heavy (non-hydrogen) atoms. The van der Waals surface area contributed by atoms with Gasteiger partial charge in [0, 0.05) is 7.29 Å². The summed E-state index contributed by atoms with van der Waals surface area (Å²) in [5.74, 6) is -0.326. The van der Waals surface area contributed by atoms with E-state index in [0.717, 1.165) is 5.57 Å². The molecule has 2 unspecified atom stereocenters. The molecular weight excluding hydrogens is 120 g/mol. The Hall–Kier alpha value is -0.780. The average molecular weight is 135 g/mol. The third kappa shape index (κ3) is 1.38. The Morgan fingerprint density at radius 1 is 1.50 bits per heavy atom. The first-order chi connectivity index (χ1) is 5.04. The first-order valence-electron chi connectivity index (χ1n) is 4.05. The Morgan fingerprint density at radius 2 is 2.10 bits per heavy atom. The van der Waals surface area contributed by atoms with Crippen molar-refractivity contribution in [1.29, 1.82) is 0 Å². The highest BCUT2D eigenvalue weighted by Crippen LogP contribution is 2.24. The second-order valence-corrected chi connectivity index (χ2v) is 2.81. The highest BCUT2D eigenvalue weighted by molar-refractivity contribution is 5.20. The van der Waals surface area contributed by atoms with Gasteiger partial charge >= 0.3 is 0 Å².